The average Bonchev–Trinajstić information content (AvgIpc) is 2.93. The third kappa shape index (κ3) is 4.70. The smallest absolute Gasteiger partial charge is 0.321 e. The maximum atomic E-state index is 11.7. The van der Waals surface area contributed by atoms with Gasteiger partial charge < -0.3 is 10.4 Å². The van der Waals surface area contributed by atoms with E-state index in [0.717, 1.165) is 12.1 Å². The molecule has 0 spiro atoms. The lowest BCUT2D eigenvalue weighted by Gasteiger charge is -2.12. The molecule has 2 amide bonds. The highest BCUT2D eigenvalue weighted by Gasteiger charge is 2.10. The molecule has 21 heavy (non-hydrogen) atoms. The Labute approximate surface area is 132 Å². The Hall–Kier alpha value is -1.63. The van der Waals surface area contributed by atoms with Gasteiger partial charge in [-0.2, -0.15) is 0 Å². The number of hydrogen-bond donors (Lipinski definition) is 3. The van der Waals surface area contributed by atoms with Gasteiger partial charge in [-0.15, -0.1) is 11.3 Å². The molecule has 2 rings (SSSR count). The summed E-state index contributed by atoms with van der Waals surface area (Å²) < 4.78 is 0. The molecule has 1 aromatic heterocycles. The van der Waals surface area contributed by atoms with Crippen molar-refractivity contribution in [3.05, 3.63) is 45.9 Å². The molecular formula is C14H16ClN3O2S. The van der Waals surface area contributed by atoms with Gasteiger partial charge in [0.05, 0.1) is 11.8 Å². The van der Waals surface area contributed by atoms with E-state index < -0.39 is 6.10 Å². The number of hydrogen-bond acceptors (Lipinski definition) is 4. The Kier molecular flexibility index (Phi) is 5.55. The van der Waals surface area contributed by atoms with Crippen molar-refractivity contribution in [2.75, 3.05) is 11.9 Å². The molecule has 7 heteroatoms. The molecule has 2 aromatic rings. The van der Waals surface area contributed by atoms with Gasteiger partial charge in [-0.25, -0.2) is 9.78 Å². The number of amides is 2. The Morgan fingerprint density at radius 3 is 2.76 bits per heavy atom. The minimum atomic E-state index is -0.782. The number of anilines is 1. The number of aryl methyl sites for hydroxylation is 1. The number of aliphatic hydroxyl groups is 1. The highest BCUT2D eigenvalue weighted by atomic mass is 35.5. The van der Waals surface area contributed by atoms with Crippen molar-refractivity contribution in [1.29, 1.82) is 0 Å². The summed E-state index contributed by atoms with van der Waals surface area (Å²) in [6.07, 6.45) is 0.0465. The predicted octanol–water partition coefficient (Wildman–Crippen LogP) is 3.21. The number of rotatable bonds is 5. The molecule has 1 unspecified atom stereocenters. The molecule has 1 aromatic carbocycles. The molecule has 112 valence electrons. The van der Waals surface area contributed by atoms with E-state index in [1.54, 1.807) is 24.3 Å². The number of carbonyl (C=O) groups excluding carboxylic acids is 1. The minimum absolute atomic E-state index is 0.111. The maximum Gasteiger partial charge on any atom is 0.321 e. The fraction of sp³-hybridized carbons (Fsp3) is 0.286. The van der Waals surface area contributed by atoms with E-state index in [1.807, 2.05) is 12.3 Å². The zero-order valence-electron chi connectivity index (χ0n) is 11.5. The van der Waals surface area contributed by atoms with Crippen LogP contribution in [0.25, 0.3) is 0 Å². The van der Waals surface area contributed by atoms with Crippen molar-refractivity contribution in [2.24, 2.45) is 0 Å². The lowest BCUT2D eigenvalue weighted by molar-refractivity contribution is 0.175. The first-order valence-electron chi connectivity index (χ1n) is 6.51. The number of aromatic nitrogens is 1. The second-order valence-corrected chi connectivity index (χ2v) is 5.69. The van der Waals surface area contributed by atoms with E-state index in [0.29, 0.717) is 15.7 Å². The molecule has 0 aliphatic carbocycles. The summed E-state index contributed by atoms with van der Waals surface area (Å²) in [5.74, 6) is 0. The number of nitrogens with zero attached hydrogens (tertiary/aromatic N) is 1. The first-order chi connectivity index (χ1) is 10.1. The van der Waals surface area contributed by atoms with Gasteiger partial charge in [0.15, 0.2) is 5.13 Å². The monoisotopic (exact) mass is 325 g/mol. The Morgan fingerprint density at radius 1 is 1.43 bits per heavy atom. The van der Waals surface area contributed by atoms with Crippen LogP contribution in [0.2, 0.25) is 5.02 Å². The van der Waals surface area contributed by atoms with Gasteiger partial charge in [0.1, 0.15) is 0 Å². The lowest BCUT2D eigenvalue weighted by atomic mass is 10.1. The summed E-state index contributed by atoms with van der Waals surface area (Å²) in [6.45, 7) is 2.11. The summed E-state index contributed by atoms with van der Waals surface area (Å²) >= 11 is 7.16. The van der Waals surface area contributed by atoms with Crippen LogP contribution in [-0.4, -0.2) is 22.7 Å². The zero-order chi connectivity index (χ0) is 15.2. The SMILES string of the molecule is CCc1csc(NC(=O)NCC(O)c2ccc(Cl)cc2)n1. The van der Waals surface area contributed by atoms with Crippen LogP contribution in [0.15, 0.2) is 29.6 Å². The Balaban J connectivity index is 1.81. The molecule has 5 nitrogen and oxygen atoms in total. The third-order valence-electron chi connectivity index (χ3n) is 2.85. The van der Waals surface area contributed by atoms with Gasteiger partial charge in [0.2, 0.25) is 0 Å². The number of aliphatic hydroxyl groups excluding tert-OH is 1. The molecule has 1 heterocycles. The van der Waals surface area contributed by atoms with Crippen LogP contribution < -0.4 is 10.6 Å². The van der Waals surface area contributed by atoms with Crippen LogP contribution in [0, 0.1) is 0 Å². The van der Waals surface area contributed by atoms with Crippen LogP contribution in [0.1, 0.15) is 24.3 Å². The van der Waals surface area contributed by atoms with E-state index in [1.165, 1.54) is 11.3 Å². The van der Waals surface area contributed by atoms with Crippen LogP contribution in [0.4, 0.5) is 9.93 Å². The predicted molar refractivity (Wildman–Crippen MR) is 84.9 cm³/mol. The number of urea groups is 1. The summed E-state index contributed by atoms with van der Waals surface area (Å²) in [5.41, 5.74) is 1.64. The van der Waals surface area contributed by atoms with Crippen molar-refractivity contribution in [2.45, 2.75) is 19.4 Å². The van der Waals surface area contributed by atoms with Gasteiger partial charge in [-0.1, -0.05) is 30.7 Å². The molecular weight excluding hydrogens is 310 g/mol. The fourth-order valence-electron chi connectivity index (χ4n) is 1.66. The summed E-state index contributed by atoms with van der Waals surface area (Å²) in [6, 6.07) is 6.45. The molecule has 1 atom stereocenters. The molecule has 0 bridgehead atoms. The first-order valence-corrected chi connectivity index (χ1v) is 7.77. The molecule has 0 saturated heterocycles. The van der Waals surface area contributed by atoms with E-state index in [2.05, 4.69) is 15.6 Å². The van der Waals surface area contributed by atoms with Crippen molar-refractivity contribution >= 4 is 34.1 Å². The normalized spacial score (nSPS) is 12.0. The van der Waals surface area contributed by atoms with E-state index >= 15 is 0 Å². The van der Waals surface area contributed by atoms with Crippen molar-refractivity contribution in [1.82, 2.24) is 10.3 Å². The summed E-state index contributed by atoms with van der Waals surface area (Å²) in [7, 11) is 0. The van der Waals surface area contributed by atoms with Crippen LogP contribution in [-0.2, 0) is 6.42 Å². The Bertz CT molecular complexity index is 601. The van der Waals surface area contributed by atoms with E-state index in [9.17, 15) is 9.90 Å². The minimum Gasteiger partial charge on any atom is -0.387 e. The summed E-state index contributed by atoms with van der Waals surface area (Å²) in [5, 5.41) is 18.3. The van der Waals surface area contributed by atoms with Crippen LogP contribution >= 0.6 is 22.9 Å². The number of thiazole rings is 1. The lowest BCUT2D eigenvalue weighted by Crippen LogP contribution is -2.32. The van der Waals surface area contributed by atoms with Gasteiger partial charge in [0.25, 0.3) is 0 Å². The highest BCUT2D eigenvalue weighted by molar-refractivity contribution is 7.13. The summed E-state index contributed by atoms with van der Waals surface area (Å²) in [4.78, 5) is 15.9. The molecule has 0 aliphatic rings. The Morgan fingerprint density at radius 2 is 2.14 bits per heavy atom. The topological polar surface area (TPSA) is 74.2 Å². The van der Waals surface area contributed by atoms with E-state index in [4.69, 9.17) is 11.6 Å². The molecule has 0 saturated carbocycles. The van der Waals surface area contributed by atoms with Gasteiger partial charge in [-0.3, -0.25) is 5.32 Å². The molecule has 0 radical (unpaired) electrons. The molecule has 3 N–H and O–H groups in total. The highest BCUT2D eigenvalue weighted by Crippen LogP contribution is 2.17. The van der Waals surface area contributed by atoms with Crippen LogP contribution in [0.5, 0.6) is 0 Å². The molecule has 0 fully saturated rings. The van der Waals surface area contributed by atoms with Crippen molar-refractivity contribution in [3.63, 3.8) is 0 Å². The molecule has 0 aliphatic heterocycles. The van der Waals surface area contributed by atoms with Gasteiger partial charge in [0, 0.05) is 16.9 Å². The largest absolute Gasteiger partial charge is 0.387 e. The number of halogens is 1. The van der Waals surface area contributed by atoms with Crippen LogP contribution in [0.3, 0.4) is 0 Å². The van der Waals surface area contributed by atoms with Gasteiger partial charge >= 0.3 is 6.03 Å². The standard InChI is InChI=1S/C14H16ClN3O2S/c1-2-11-8-21-14(17-11)18-13(20)16-7-12(19)9-3-5-10(15)6-4-9/h3-6,8,12,19H,2,7H2,1H3,(H2,16,17,18,20). The number of nitrogens with one attached hydrogen (secondary N) is 2. The second-order valence-electron chi connectivity index (χ2n) is 4.40. The number of benzene rings is 1. The van der Waals surface area contributed by atoms with E-state index in [-0.39, 0.29) is 12.6 Å². The maximum absolute atomic E-state index is 11.7. The van der Waals surface area contributed by atoms with Crippen molar-refractivity contribution < 1.29 is 9.90 Å². The average molecular weight is 326 g/mol. The van der Waals surface area contributed by atoms with Crippen molar-refractivity contribution in [3.8, 4) is 0 Å². The second kappa shape index (κ2) is 7.40. The zero-order valence-corrected chi connectivity index (χ0v) is 13.0. The first kappa shape index (κ1) is 15.8. The third-order valence-corrected chi connectivity index (χ3v) is 3.90. The van der Waals surface area contributed by atoms with Gasteiger partial charge in [-0.05, 0) is 24.1 Å². The number of carbonyl (C=O) groups is 1. The fourth-order valence-corrected chi connectivity index (χ4v) is 2.57. The quantitative estimate of drug-likeness (QED) is 0.790.